The third-order valence-corrected chi connectivity index (χ3v) is 3.43. The second kappa shape index (κ2) is 6.60. The van der Waals surface area contributed by atoms with Gasteiger partial charge in [-0.25, -0.2) is 0 Å². The minimum absolute atomic E-state index is 0.370. The average Bonchev–Trinajstić information content (AvgIpc) is 2.85. The van der Waals surface area contributed by atoms with Gasteiger partial charge in [-0.1, -0.05) is 0 Å². The molecule has 0 saturated heterocycles. The van der Waals surface area contributed by atoms with Crippen LogP contribution in [0.1, 0.15) is 20.3 Å². The van der Waals surface area contributed by atoms with Gasteiger partial charge >= 0.3 is 0 Å². The number of nitrogens with zero attached hydrogens (tertiary/aromatic N) is 3. The molecule has 3 N–H and O–H groups in total. The monoisotopic (exact) mass is 280 g/mol. The van der Waals surface area contributed by atoms with E-state index in [1.807, 2.05) is 18.7 Å². The van der Waals surface area contributed by atoms with Crippen LogP contribution in [0.4, 0.5) is 11.8 Å². The third kappa shape index (κ3) is 3.50. The maximum atomic E-state index is 4.51. The fourth-order valence-corrected chi connectivity index (χ4v) is 2.37. The van der Waals surface area contributed by atoms with Crippen molar-refractivity contribution >= 4 is 34.6 Å². The van der Waals surface area contributed by atoms with Crippen molar-refractivity contribution in [2.24, 2.45) is 0 Å². The molecule has 0 spiro atoms. The van der Waals surface area contributed by atoms with Gasteiger partial charge in [0.05, 0.1) is 11.6 Å². The predicted octanol–water partition coefficient (Wildman–Crippen LogP) is 2.34. The summed E-state index contributed by atoms with van der Waals surface area (Å²) in [6.07, 6.45) is 4.98. The molecule has 1 unspecified atom stereocenters. The SMILES string of the molecule is CCNc1nc(NC(C)CCSC)c2cn[nH]c2n1. The average molecular weight is 280 g/mol. The highest BCUT2D eigenvalue weighted by Crippen LogP contribution is 2.21. The van der Waals surface area contributed by atoms with Crippen molar-refractivity contribution in [1.29, 1.82) is 0 Å². The molecule has 2 rings (SSSR count). The van der Waals surface area contributed by atoms with Gasteiger partial charge in [0.25, 0.3) is 0 Å². The lowest BCUT2D eigenvalue weighted by molar-refractivity contribution is 0.768. The molecule has 2 aromatic rings. The maximum Gasteiger partial charge on any atom is 0.226 e. The summed E-state index contributed by atoms with van der Waals surface area (Å²) in [5.41, 5.74) is 0.755. The summed E-state index contributed by atoms with van der Waals surface area (Å²) in [4.78, 5) is 8.88. The summed E-state index contributed by atoms with van der Waals surface area (Å²) in [7, 11) is 0. The molecule has 0 saturated carbocycles. The fourth-order valence-electron chi connectivity index (χ4n) is 1.78. The largest absolute Gasteiger partial charge is 0.367 e. The molecular weight excluding hydrogens is 260 g/mol. The van der Waals surface area contributed by atoms with E-state index >= 15 is 0 Å². The molecule has 0 bridgehead atoms. The molecule has 0 aromatic carbocycles. The number of rotatable bonds is 7. The highest BCUT2D eigenvalue weighted by atomic mass is 32.2. The summed E-state index contributed by atoms with van der Waals surface area (Å²) >= 11 is 1.85. The number of H-pyrrole nitrogens is 1. The van der Waals surface area contributed by atoms with E-state index in [0.717, 1.165) is 35.6 Å². The van der Waals surface area contributed by atoms with E-state index in [1.54, 1.807) is 6.20 Å². The van der Waals surface area contributed by atoms with Crippen LogP contribution in [0.5, 0.6) is 0 Å². The Bertz CT molecular complexity index is 526. The first kappa shape index (κ1) is 13.9. The first-order chi connectivity index (χ1) is 9.24. The van der Waals surface area contributed by atoms with E-state index in [-0.39, 0.29) is 0 Å². The van der Waals surface area contributed by atoms with Crippen LogP contribution >= 0.6 is 11.8 Å². The van der Waals surface area contributed by atoms with E-state index in [1.165, 1.54) is 0 Å². The van der Waals surface area contributed by atoms with E-state index in [2.05, 4.69) is 44.0 Å². The number of aromatic amines is 1. The summed E-state index contributed by atoms with van der Waals surface area (Å²) in [6, 6.07) is 0.370. The van der Waals surface area contributed by atoms with Crippen molar-refractivity contribution in [3.63, 3.8) is 0 Å². The zero-order chi connectivity index (χ0) is 13.7. The van der Waals surface area contributed by atoms with Gasteiger partial charge in [0.15, 0.2) is 5.65 Å². The minimum atomic E-state index is 0.370. The Morgan fingerprint density at radius 2 is 2.26 bits per heavy atom. The third-order valence-electron chi connectivity index (χ3n) is 2.78. The fraction of sp³-hybridized carbons (Fsp3) is 0.583. The molecule has 0 amide bonds. The molecule has 0 fully saturated rings. The van der Waals surface area contributed by atoms with Gasteiger partial charge in [-0.2, -0.15) is 26.8 Å². The molecule has 0 aliphatic rings. The molecular formula is C12H20N6S. The summed E-state index contributed by atoms with van der Waals surface area (Å²) < 4.78 is 0. The zero-order valence-corrected chi connectivity index (χ0v) is 12.3. The molecule has 0 aliphatic carbocycles. The first-order valence-corrected chi connectivity index (χ1v) is 7.84. The van der Waals surface area contributed by atoms with Crippen LogP contribution in [0.25, 0.3) is 11.0 Å². The lowest BCUT2D eigenvalue weighted by Crippen LogP contribution is -2.17. The molecule has 0 radical (unpaired) electrons. The van der Waals surface area contributed by atoms with Crippen LogP contribution in [-0.4, -0.2) is 44.8 Å². The van der Waals surface area contributed by atoms with E-state index in [9.17, 15) is 0 Å². The van der Waals surface area contributed by atoms with Crippen LogP contribution in [0, 0.1) is 0 Å². The van der Waals surface area contributed by atoms with Crippen LogP contribution < -0.4 is 10.6 Å². The van der Waals surface area contributed by atoms with Crippen molar-refractivity contribution < 1.29 is 0 Å². The minimum Gasteiger partial charge on any atom is -0.367 e. The molecule has 6 nitrogen and oxygen atoms in total. The first-order valence-electron chi connectivity index (χ1n) is 6.45. The topological polar surface area (TPSA) is 78.5 Å². The number of aromatic nitrogens is 4. The van der Waals surface area contributed by atoms with Crippen molar-refractivity contribution in [2.75, 3.05) is 29.2 Å². The summed E-state index contributed by atoms with van der Waals surface area (Å²) in [6.45, 7) is 4.98. The number of hydrogen-bond donors (Lipinski definition) is 3. The molecule has 1 atom stereocenters. The van der Waals surface area contributed by atoms with Gasteiger partial charge < -0.3 is 10.6 Å². The van der Waals surface area contributed by atoms with Gasteiger partial charge in [-0.05, 0) is 32.3 Å². The Morgan fingerprint density at radius 1 is 1.42 bits per heavy atom. The van der Waals surface area contributed by atoms with E-state index in [0.29, 0.717) is 12.0 Å². The highest BCUT2D eigenvalue weighted by molar-refractivity contribution is 7.98. The van der Waals surface area contributed by atoms with Gasteiger partial charge in [0.1, 0.15) is 5.82 Å². The smallest absolute Gasteiger partial charge is 0.226 e. The summed E-state index contributed by atoms with van der Waals surface area (Å²) in [5, 5.41) is 14.4. The van der Waals surface area contributed by atoms with Gasteiger partial charge in [-0.3, -0.25) is 5.10 Å². The van der Waals surface area contributed by atoms with Gasteiger partial charge in [0, 0.05) is 12.6 Å². The van der Waals surface area contributed by atoms with Crippen LogP contribution in [0.15, 0.2) is 6.20 Å². The van der Waals surface area contributed by atoms with Crippen molar-refractivity contribution in [2.45, 2.75) is 26.3 Å². The molecule has 19 heavy (non-hydrogen) atoms. The number of anilines is 2. The number of thioether (sulfide) groups is 1. The molecule has 104 valence electrons. The Hall–Kier alpha value is -1.50. The summed E-state index contributed by atoms with van der Waals surface area (Å²) in [5.74, 6) is 2.59. The Balaban J connectivity index is 2.21. The Labute approximate surface area is 117 Å². The second-order valence-corrected chi connectivity index (χ2v) is 5.37. The highest BCUT2D eigenvalue weighted by Gasteiger charge is 2.11. The van der Waals surface area contributed by atoms with Crippen LogP contribution in [0.3, 0.4) is 0 Å². The lowest BCUT2D eigenvalue weighted by atomic mass is 10.2. The van der Waals surface area contributed by atoms with Crippen molar-refractivity contribution in [3.05, 3.63) is 6.20 Å². The van der Waals surface area contributed by atoms with Gasteiger partial charge in [0.2, 0.25) is 5.95 Å². The van der Waals surface area contributed by atoms with Crippen LogP contribution in [0.2, 0.25) is 0 Å². The standard InChI is InChI=1S/C12H20N6S/c1-4-13-12-16-10(15-8(2)5-6-19-3)9-7-14-18-11(9)17-12/h7-8H,4-6H2,1-3H3,(H3,13,14,15,16,17,18). The molecule has 2 heterocycles. The van der Waals surface area contributed by atoms with Crippen LogP contribution in [-0.2, 0) is 0 Å². The number of hydrogen-bond acceptors (Lipinski definition) is 6. The zero-order valence-electron chi connectivity index (χ0n) is 11.5. The van der Waals surface area contributed by atoms with Crippen molar-refractivity contribution in [1.82, 2.24) is 20.2 Å². The van der Waals surface area contributed by atoms with E-state index in [4.69, 9.17) is 0 Å². The molecule has 7 heteroatoms. The molecule has 0 aliphatic heterocycles. The van der Waals surface area contributed by atoms with Gasteiger partial charge in [-0.15, -0.1) is 0 Å². The second-order valence-electron chi connectivity index (χ2n) is 4.39. The quantitative estimate of drug-likeness (QED) is 0.722. The van der Waals surface area contributed by atoms with E-state index < -0.39 is 0 Å². The lowest BCUT2D eigenvalue weighted by Gasteiger charge is -2.15. The number of fused-ring (bicyclic) bond motifs is 1. The number of nitrogens with one attached hydrogen (secondary N) is 3. The van der Waals surface area contributed by atoms with Crippen molar-refractivity contribution in [3.8, 4) is 0 Å². The molecule has 2 aromatic heterocycles. The normalized spacial score (nSPS) is 12.6. The maximum absolute atomic E-state index is 4.51. The Kier molecular flexibility index (Phi) is 4.84. The predicted molar refractivity (Wildman–Crippen MR) is 81.9 cm³/mol. The Morgan fingerprint density at radius 3 is 3.00 bits per heavy atom.